The average molecular weight is 456 g/mol. The number of nitrogens with zero attached hydrogens (tertiary/aromatic N) is 1. The van der Waals surface area contributed by atoms with Crippen LogP contribution in [0.25, 0.3) is 0 Å². The van der Waals surface area contributed by atoms with E-state index in [1.807, 2.05) is 0 Å². The molecule has 0 saturated heterocycles. The number of amides is 1. The lowest BCUT2D eigenvalue weighted by Gasteiger charge is -2.49. The van der Waals surface area contributed by atoms with E-state index in [2.05, 4.69) is 5.32 Å². The second-order valence-electron chi connectivity index (χ2n) is 8.68. The standard InChI is InChI=1S/C25H26F2N2O4/c1-2-28-25(12-13-30,24(32)33)22-16-6-3-4-8-20(16)29(21-9-5-7-17(21)22)23(31)15-10-11-18(26)19(27)14-15/h3-4,6,8,10-11,13-14,17,21-22,28H,2,5,7,9,12H2,1H3,(H,32,33). The molecule has 6 nitrogen and oxygen atoms in total. The minimum absolute atomic E-state index is 0.0249. The van der Waals surface area contributed by atoms with Gasteiger partial charge in [-0.15, -0.1) is 0 Å². The molecule has 174 valence electrons. The van der Waals surface area contributed by atoms with Crippen LogP contribution >= 0.6 is 0 Å². The number of anilines is 1. The van der Waals surface area contributed by atoms with Gasteiger partial charge in [-0.2, -0.15) is 0 Å². The number of aldehydes is 1. The van der Waals surface area contributed by atoms with Crippen LogP contribution in [-0.4, -0.2) is 41.4 Å². The van der Waals surface area contributed by atoms with E-state index in [0.717, 1.165) is 18.6 Å². The number of fused-ring (bicyclic) bond motifs is 2. The maximum absolute atomic E-state index is 13.9. The number of carbonyl (C=O) groups is 3. The van der Waals surface area contributed by atoms with Gasteiger partial charge < -0.3 is 20.1 Å². The number of likely N-dealkylation sites (N-methyl/N-ethyl adjacent to an activating group) is 1. The molecular formula is C25H26F2N2O4. The third-order valence-electron chi connectivity index (χ3n) is 7.02. The minimum atomic E-state index is -1.52. The first kappa shape index (κ1) is 23.0. The number of para-hydroxylation sites is 1. The molecule has 2 aromatic rings. The van der Waals surface area contributed by atoms with Gasteiger partial charge in [0, 0.05) is 29.6 Å². The van der Waals surface area contributed by atoms with Gasteiger partial charge in [0.25, 0.3) is 5.91 Å². The molecule has 2 aliphatic rings. The van der Waals surface area contributed by atoms with Crippen molar-refractivity contribution in [3.05, 3.63) is 65.2 Å². The summed E-state index contributed by atoms with van der Waals surface area (Å²) >= 11 is 0. The molecule has 1 saturated carbocycles. The van der Waals surface area contributed by atoms with Crippen LogP contribution in [0.3, 0.4) is 0 Å². The second kappa shape index (κ2) is 9.02. The zero-order valence-electron chi connectivity index (χ0n) is 18.3. The summed E-state index contributed by atoms with van der Waals surface area (Å²) in [6.45, 7) is 2.15. The Balaban J connectivity index is 1.89. The summed E-state index contributed by atoms with van der Waals surface area (Å²) in [5, 5.41) is 13.4. The van der Waals surface area contributed by atoms with Gasteiger partial charge >= 0.3 is 5.97 Å². The van der Waals surface area contributed by atoms with Crippen molar-refractivity contribution in [2.24, 2.45) is 5.92 Å². The highest BCUT2D eigenvalue weighted by molar-refractivity contribution is 6.07. The summed E-state index contributed by atoms with van der Waals surface area (Å²) in [7, 11) is 0. The first-order chi connectivity index (χ1) is 15.9. The topological polar surface area (TPSA) is 86.7 Å². The minimum Gasteiger partial charge on any atom is -0.480 e. The molecule has 33 heavy (non-hydrogen) atoms. The van der Waals surface area contributed by atoms with Crippen molar-refractivity contribution in [3.63, 3.8) is 0 Å². The number of aliphatic carboxylic acids is 1. The van der Waals surface area contributed by atoms with Gasteiger partial charge in [0.15, 0.2) is 11.6 Å². The Bertz CT molecular complexity index is 1090. The molecule has 4 unspecified atom stereocenters. The van der Waals surface area contributed by atoms with E-state index in [4.69, 9.17) is 0 Å². The van der Waals surface area contributed by atoms with Crippen molar-refractivity contribution in [1.29, 1.82) is 0 Å². The van der Waals surface area contributed by atoms with E-state index in [0.29, 0.717) is 36.9 Å². The quantitative estimate of drug-likeness (QED) is 0.617. The second-order valence-corrected chi connectivity index (χ2v) is 8.68. The molecule has 2 N–H and O–H groups in total. The molecule has 2 aromatic carbocycles. The maximum atomic E-state index is 13.9. The number of carboxylic acids is 1. The SMILES string of the molecule is CCNC(CC=O)(C(=O)O)C1c2ccccc2N(C(=O)c2ccc(F)c(F)c2)C2CCCC21. The molecule has 1 aliphatic heterocycles. The fourth-order valence-corrected chi connectivity index (χ4v) is 5.77. The summed E-state index contributed by atoms with van der Waals surface area (Å²) in [4.78, 5) is 39.4. The van der Waals surface area contributed by atoms with E-state index < -0.39 is 35.0 Å². The summed E-state index contributed by atoms with van der Waals surface area (Å²) in [5.74, 6) is -4.47. The van der Waals surface area contributed by atoms with Gasteiger partial charge in [0.1, 0.15) is 11.8 Å². The monoisotopic (exact) mass is 456 g/mol. The largest absolute Gasteiger partial charge is 0.480 e. The first-order valence-corrected chi connectivity index (χ1v) is 11.1. The lowest BCUT2D eigenvalue weighted by Crippen LogP contribution is -2.62. The van der Waals surface area contributed by atoms with Crippen molar-refractivity contribution < 1.29 is 28.3 Å². The van der Waals surface area contributed by atoms with Crippen LogP contribution < -0.4 is 10.2 Å². The Morgan fingerprint density at radius 1 is 1.18 bits per heavy atom. The van der Waals surface area contributed by atoms with Gasteiger partial charge in [0.05, 0.1) is 0 Å². The van der Waals surface area contributed by atoms with E-state index >= 15 is 0 Å². The lowest BCUT2D eigenvalue weighted by atomic mass is 9.65. The third-order valence-corrected chi connectivity index (χ3v) is 7.02. The summed E-state index contributed by atoms with van der Waals surface area (Å²) in [5.41, 5.74) is -0.301. The maximum Gasteiger partial charge on any atom is 0.325 e. The van der Waals surface area contributed by atoms with Gasteiger partial charge in [-0.3, -0.25) is 9.59 Å². The number of nitrogens with one attached hydrogen (secondary N) is 1. The number of rotatable bonds is 7. The van der Waals surface area contributed by atoms with Gasteiger partial charge in [-0.25, -0.2) is 8.78 Å². The summed E-state index contributed by atoms with van der Waals surface area (Å²) in [6.07, 6.45) is 2.53. The van der Waals surface area contributed by atoms with Gasteiger partial charge in [-0.05, 0) is 55.1 Å². The highest BCUT2D eigenvalue weighted by Crippen LogP contribution is 2.53. The Hall–Kier alpha value is -3.13. The van der Waals surface area contributed by atoms with Crippen LogP contribution in [0.2, 0.25) is 0 Å². The van der Waals surface area contributed by atoms with Crippen molar-refractivity contribution in [3.8, 4) is 0 Å². The summed E-state index contributed by atoms with van der Waals surface area (Å²) < 4.78 is 27.4. The predicted octanol–water partition coefficient (Wildman–Crippen LogP) is 3.90. The average Bonchev–Trinajstić information content (AvgIpc) is 3.27. The van der Waals surface area contributed by atoms with Gasteiger partial charge in [0.2, 0.25) is 0 Å². The molecule has 0 spiro atoms. The molecule has 1 heterocycles. The van der Waals surface area contributed by atoms with E-state index in [9.17, 15) is 28.3 Å². The molecule has 1 aliphatic carbocycles. The molecule has 1 fully saturated rings. The van der Waals surface area contributed by atoms with Crippen LogP contribution in [0.4, 0.5) is 14.5 Å². The van der Waals surface area contributed by atoms with Crippen molar-refractivity contribution in [2.75, 3.05) is 11.4 Å². The summed E-state index contributed by atoms with van der Waals surface area (Å²) in [6, 6.07) is 9.82. The molecule has 1 amide bonds. The molecule has 0 radical (unpaired) electrons. The number of carboxylic acid groups (broad SMARTS) is 1. The normalized spacial score (nSPS) is 23.4. The highest BCUT2D eigenvalue weighted by atomic mass is 19.2. The highest BCUT2D eigenvalue weighted by Gasteiger charge is 2.56. The van der Waals surface area contributed by atoms with E-state index in [-0.39, 0.29) is 23.9 Å². The van der Waals surface area contributed by atoms with Crippen LogP contribution in [0.5, 0.6) is 0 Å². The molecule has 4 rings (SSSR count). The zero-order chi connectivity index (χ0) is 23.8. The molecule has 4 atom stereocenters. The Labute approximate surface area is 190 Å². The number of benzene rings is 2. The molecule has 0 bridgehead atoms. The van der Waals surface area contributed by atoms with Crippen LogP contribution in [0, 0.1) is 17.6 Å². The van der Waals surface area contributed by atoms with Crippen LogP contribution in [-0.2, 0) is 9.59 Å². The number of carbonyl (C=O) groups excluding carboxylic acids is 2. The van der Waals surface area contributed by atoms with Gasteiger partial charge in [-0.1, -0.05) is 31.5 Å². The first-order valence-electron chi connectivity index (χ1n) is 11.1. The number of hydrogen-bond acceptors (Lipinski definition) is 4. The smallest absolute Gasteiger partial charge is 0.325 e. The Morgan fingerprint density at radius 2 is 1.94 bits per heavy atom. The molecule has 8 heteroatoms. The molecular weight excluding hydrogens is 430 g/mol. The zero-order valence-corrected chi connectivity index (χ0v) is 18.3. The van der Waals surface area contributed by atoms with Crippen molar-refractivity contribution in [2.45, 2.75) is 50.1 Å². The van der Waals surface area contributed by atoms with Crippen LogP contribution in [0.1, 0.15) is 54.4 Å². The number of halogens is 2. The fourth-order valence-electron chi connectivity index (χ4n) is 5.77. The third kappa shape index (κ3) is 3.72. The van der Waals surface area contributed by atoms with Crippen molar-refractivity contribution in [1.82, 2.24) is 5.32 Å². The Kier molecular flexibility index (Phi) is 6.30. The Morgan fingerprint density at radius 3 is 2.61 bits per heavy atom. The van der Waals surface area contributed by atoms with Crippen molar-refractivity contribution >= 4 is 23.9 Å². The van der Waals surface area contributed by atoms with Crippen LogP contribution in [0.15, 0.2) is 42.5 Å². The number of hydrogen-bond donors (Lipinski definition) is 2. The molecule has 0 aromatic heterocycles. The van der Waals surface area contributed by atoms with E-state index in [1.54, 1.807) is 36.1 Å². The lowest BCUT2D eigenvalue weighted by molar-refractivity contribution is -0.148. The fraction of sp³-hybridized carbons (Fsp3) is 0.400. The van der Waals surface area contributed by atoms with E-state index in [1.165, 1.54) is 6.07 Å². The predicted molar refractivity (Wildman–Crippen MR) is 118 cm³/mol.